The lowest BCUT2D eigenvalue weighted by atomic mass is 10.2. The van der Waals surface area contributed by atoms with Gasteiger partial charge in [0.05, 0.1) is 0 Å². The van der Waals surface area contributed by atoms with E-state index >= 15 is 0 Å². The molecule has 0 aromatic heterocycles. The molecule has 2 heteroatoms. The van der Waals surface area contributed by atoms with Gasteiger partial charge in [-0.1, -0.05) is 18.2 Å². The molecule has 0 radical (unpaired) electrons. The van der Waals surface area contributed by atoms with Crippen molar-refractivity contribution in [3.8, 4) is 5.75 Å². The number of ether oxygens (including phenoxy) is 1. The summed E-state index contributed by atoms with van der Waals surface area (Å²) in [6.45, 7) is 4.13. The Morgan fingerprint density at radius 3 is 2.85 bits per heavy atom. The van der Waals surface area contributed by atoms with Gasteiger partial charge >= 0.3 is 0 Å². The third-order valence-electron chi connectivity index (χ3n) is 1.73. The molecule has 0 aliphatic heterocycles. The van der Waals surface area contributed by atoms with Crippen molar-refractivity contribution in [1.29, 1.82) is 0 Å². The van der Waals surface area contributed by atoms with Gasteiger partial charge in [-0.15, -0.1) is 0 Å². The molecule has 1 aromatic carbocycles. The van der Waals surface area contributed by atoms with Gasteiger partial charge < -0.3 is 4.74 Å². The summed E-state index contributed by atoms with van der Waals surface area (Å²) in [4.78, 5) is 0. The van der Waals surface area contributed by atoms with Crippen LogP contribution >= 0.6 is 0 Å². The number of rotatable bonds is 3. The van der Waals surface area contributed by atoms with Crippen molar-refractivity contribution in [1.82, 2.24) is 0 Å². The number of halogens is 1. The average Bonchev–Trinajstić information content (AvgIpc) is 2.12. The zero-order chi connectivity index (χ0) is 9.68. The lowest BCUT2D eigenvalue weighted by molar-refractivity contribution is 0.360. The Morgan fingerprint density at radius 1 is 1.46 bits per heavy atom. The smallest absolute Gasteiger partial charge is 0.129 e. The first-order valence-corrected chi connectivity index (χ1v) is 4.24. The summed E-state index contributed by atoms with van der Waals surface area (Å²) in [6.07, 6.45) is 3.77. The van der Waals surface area contributed by atoms with Gasteiger partial charge in [-0.25, -0.2) is 4.39 Å². The summed E-state index contributed by atoms with van der Waals surface area (Å²) < 4.78 is 18.2. The predicted octanol–water partition coefficient (Wildman–Crippen LogP) is 3.09. The minimum atomic E-state index is -0.224. The van der Waals surface area contributed by atoms with Crippen LogP contribution < -0.4 is 4.74 Å². The Kier molecular flexibility index (Phi) is 3.50. The zero-order valence-corrected chi connectivity index (χ0v) is 7.88. The van der Waals surface area contributed by atoms with Crippen LogP contribution in [0.4, 0.5) is 4.39 Å². The molecule has 0 N–H and O–H groups in total. The van der Waals surface area contributed by atoms with Gasteiger partial charge in [0, 0.05) is 6.07 Å². The summed E-state index contributed by atoms with van der Waals surface area (Å²) in [5, 5.41) is 0. The lowest BCUT2D eigenvalue weighted by Crippen LogP contribution is -1.94. The molecular weight excluding hydrogens is 167 g/mol. The summed E-state index contributed by atoms with van der Waals surface area (Å²) in [7, 11) is 0. The molecule has 0 heterocycles. The molecule has 0 spiro atoms. The molecule has 0 amide bonds. The molecule has 1 aromatic rings. The predicted molar refractivity (Wildman–Crippen MR) is 51.4 cm³/mol. The van der Waals surface area contributed by atoms with E-state index in [0.717, 1.165) is 0 Å². The third-order valence-corrected chi connectivity index (χ3v) is 1.73. The van der Waals surface area contributed by atoms with E-state index in [1.54, 1.807) is 19.1 Å². The van der Waals surface area contributed by atoms with Crippen molar-refractivity contribution in [2.75, 3.05) is 6.61 Å². The highest BCUT2D eigenvalue weighted by Crippen LogP contribution is 2.15. The first-order chi connectivity index (χ1) is 6.24. The molecule has 1 nitrogen and oxygen atoms in total. The van der Waals surface area contributed by atoms with Crippen molar-refractivity contribution in [2.24, 2.45) is 0 Å². The van der Waals surface area contributed by atoms with Gasteiger partial charge in [-0.05, 0) is 25.5 Å². The highest BCUT2D eigenvalue weighted by atomic mass is 19.1. The lowest BCUT2D eigenvalue weighted by Gasteiger charge is -2.03. The van der Waals surface area contributed by atoms with E-state index in [2.05, 4.69) is 0 Å². The Hall–Kier alpha value is -1.31. The molecular formula is C11H13FO. The summed E-state index contributed by atoms with van der Waals surface area (Å²) in [5.74, 6) is 0.346. The van der Waals surface area contributed by atoms with E-state index in [0.29, 0.717) is 17.9 Å². The van der Waals surface area contributed by atoms with Crippen LogP contribution in [0.1, 0.15) is 12.5 Å². The van der Waals surface area contributed by atoms with Crippen LogP contribution in [0.25, 0.3) is 0 Å². The van der Waals surface area contributed by atoms with Crippen LogP contribution in [0.2, 0.25) is 0 Å². The van der Waals surface area contributed by atoms with Crippen molar-refractivity contribution in [3.63, 3.8) is 0 Å². The molecule has 70 valence electrons. The van der Waals surface area contributed by atoms with Gasteiger partial charge in [0.25, 0.3) is 0 Å². The Labute approximate surface area is 77.8 Å². The molecule has 0 saturated heterocycles. The molecule has 0 aliphatic rings. The number of allylic oxidation sites excluding steroid dienone is 1. The fraction of sp³-hybridized carbons (Fsp3) is 0.273. The second kappa shape index (κ2) is 4.65. The Balaban J connectivity index is 2.63. The number of benzene rings is 1. The number of aryl methyl sites for hydroxylation is 1. The minimum absolute atomic E-state index is 0.224. The molecule has 0 atom stereocenters. The molecule has 13 heavy (non-hydrogen) atoms. The highest BCUT2D eigenvalue weighted by Gasteiger charge is 1.98. The maximum atomic E-state index is 13.0. The van der Waals surface area contributed by atoms with Crippen molar-refractivity contribution < 1.29 is 9.13 Å². The zero-order valence-electron chi connectivity index (χ0n) is 7.88. The van der Waals surface area contributed by atoms with E-state index in [4.69, 9.17) is 4.74 Å². The van der Waals surface area contributed by atoms with Crippen molar-refractivity contribution in [2.45, 2.75) is 13.8 Å². The van der Waals surface area contributed by atoms with Crippen LogP contribution in [-0.2, 0) is 0 Å². The first-order valence-electron chi connectivity index (χ1n) is 4.24. The molecule has 0 saturated carbocycles. The van der Waals surface area contributed by atoms with Crippen molar-refractivity contribution >= 4 is 0 Å². The topological polar surface area (TPSA) is 9.23 Å². The second-order valence-electron chi connectivity index (χ2n) is 2.79. The van der Waals surface area contributed by atoms with Crippen LogP contribution in [0.15, 0.2) is 30.4 Å². The fourth-order valence-electron chi connectivity index (χ4n) is 0.904. The average molecular weight is 180 g/mol. The number of hydrogen-bond donors (Lipinski definition) is 0. The standard InChI is InChI=1S/C11H13FO/c1-3-4-7-13-10-6-5-9(2)11(12)8-10/h3-6,8H,7H2,1-2H3/b4-3+. The highest BCUT2D eigenvalue weighted by molar-refractivity contribution is 5.28. The monoisotopic (exact) mass is 180 g/mol. The van der Waals surface area contributed by atoms with Crippen LogP contribution in [0.3, 0.4) is 0 Å². The SMILES string of the molecule is C/C=C/COc1ccc(C)c(F)c1. The molecule has 1 rings (SSSR count). The summed E-state index contributed by atoms with van der Waals surface area (Å²) in [6, 6.07) is 4.88. The van der Waals surface area contributed by atoms with E-state index in [-0.39, 0.29) is 5.82 Å². The normalized spacial score (nSPS) is 10.7. The van der Waals surface area contributed by atoms with E-state index < -0.39 is 0 Å². The van der Waals surface area contributed by atoms with Gasteiger partial charge in [0.1, 0.15) is 18.2 Å². The summed E-state index contributed by atoms with van der Waals surface area (Å²) in [5.41, 5.74) is 0.637. The maximum Gasteiger partial charge on any atom is 0.129 e. The second-order valence-corrected chi connectivity index (χ2v) is 2.79. The molecule has 0 bridgehead atoms. The van der Waals surface area contributed by atoms with E-state index in [1.807, 2.05) is 19.1 Å². The van der Waals surface area contributed by atoms with E-state index in [1.165, 1.54) is 6.07 Å². The first kappa shape index (κ1) is 9.78. The minimum Gasteiger partial charge on any atom is -0.489 e. The molecule has 0 aliphatic carbocycles. The molecule has 0 unspecified atom stereocenters. The maximum absolute atomic E-state index is 13.0. The van der Waals surface area contributed by atoms with Crippen LogP contribution in [0, 0.1) is 12.7 Å². The molecule has 0 fully saturated rings. The third kappa shape index (κ3) is 2.90. The van der Waals surface area contributed by atoms with Crippen molar-refractivity contribution in [3.05, 3.63) is 41.7 Å². The number of hydrogen-bond acceptors (Lipinski definition) is 1. The largest absolute Gasteiger partial charge is 0.489 e. The van der Waals surface area contributed by atoms with Gasteiger partial charge in [0.2, 0.25) is 0 Å². The summed E-state index contributed by atoms with van der Waals surface area (Å²) >= 11 is 0. The quantitative estimate of drug-likeness (QED) is 0.649. The Bertz CT molecular complexity index is 305. The Morgan fingerprint density at radius 2 is 2.23 bits per heavy atom. The van der Waals surface area contributed by atoms with Gasteiger partial charge in [-0.3, -0.25) is 0 Å². The fourth-order valence-corrected chi connectivity index (χ4v) is 0.904. The van der Waals surface area contributed by atoms with Gasteiger partial charge in [0.15, 0.2) is 0 Å². The van der Waals surface area contributed by atoms with Crippen LogP contribution in [-0.4, -0.2) is 6.61 Å². The van der Waals surface area contributed by atoms with Gasteiger partial charge in [-0.2, -0.15) is 0 Å². The van der Waals surface area contributed by atoms with Crippen LogP contribution in [0.5, 0.6) is 5.75 Å². The van der Waals surface area contributed by atoms with E-state index in [9.17, 15) is 4.39 Å².